The molecular formula is C18H12N4O3. The zero-order valence-electron chi connectivity index (χ0n) is 12.9. The standard InChI is InChI=1S/C18H12N4O3/c23-16(20-18-22-21-17(25-18)15-7-4-10-24-15)13-8-9-14(19-11-13)12-5-2-1-3-6-12/h1-11H,(H,20,22,23). The zero-order chi connectivity index (χ0) is 17.1. The highest BCUT2D eigenvalue weighted by molar-refractivity contribution is 6.03. The molecule has 1 aromatic carbocycles. The molecule has 1 N–H and O–H groups in total. The summed E-state index contributed by atoms with van der Waals surface area (Å²) in [5.41, 5.74) is 2.15. The maximum absolute atomic E-state index is 12.3. The van der Waals surface area contributed by atoms with Crippen molar-refractivity contribution in [1.29, 1.82) is 0 Å². The van der Waals surface area contributed by atoms with Gasteiger partial charge < -0.3 is 8.83 Å². The van der Waals surface area contributed by atoms with Crippen molar-refractivity contribution >= 4 is 11.9 Å². The molecule has 3 heterocycles. The molecular weight excluding hydrogens is 320 g/mol. The van der Waals surface area contributed by atoms with Crippen LogP contribution in [0.4, 0.5) is 6.01 Å². The van der Waals surface area contributed by atoms with Crippen molar-refractivity contribution in [3.8, 4) is 22.9 Å². The van der Waals surface area contributed by atoms with E-state index in [1.165, 1.54) is 12.5 Å². The third-order valence-electron chi connectivity index (χ3n) is 3.47. The third-order valence-corrected chi connectivity index (χ3v) is 3.47. The van der Waals surface area contributed by atoms with Crippen molar-refractivity contribution in [3.63, 3.8) is 0 Å². The first kappa shape index (κ1) is 14.8. The Hall–Kier alpha value is -3.74. The number of hydrogen-bond acceptors (Lipinski definition) is 6. The summed E-state index contributed by atoms with van der Waals surface area (Å²) >= 11 is 0. The molecule has 0 saturated carbocycles. The molecule has 0 radical (unpaired) electrons. The summed E-state index contributed by atoms with van der Waals surface area (Å²) in [6.45, 7) is 0. The molecule has 0 aliphatic rings. The van der Waals surface area contributed by atoms with Crippen LogP contribution in [0, 0.1) is 0 Å². The molecule has 0 atom stereocenters. The van der Waals surface area contributed by atoms with Gasteiger partial charge in [0, 0.05) is 11.8 Å². The molecule has 4 rings (SSSR count). The quantitative estimate of drug-likeness (QED) is 0.613. The monoisotopic (exact) mass is 332 g/mol. The van der Waals surface area contributed by atoms with E-state index in [-0.39, 0.29) is 17.8 Å². The molecule has 0 fully saturated rings. The second kappa shape index (κ2) is 6.40. The van der Waals surface area contributed by atoms with Gasteiger partial charge in [-0.15, -0.1) is 5.10 Å². The lowest BCUT2D eigenvalue weighted by atomic mass is 10.1. The number of rotatable bonds is 4. The molecule has 0 unspecified atom stereocenters. The summed E-state index contributed by atoms with van der Waals surface area (Å²) in [5.74, 6) is 0.237. The maximum atomic E-state index is 12.3. The number of aromatic nitrogens is 3. The van der Waals surface area contributed by atoms with E-state index >= 15 is 0 Å². The fourth-order valence-electron chi connectivity index (χ4n) is 2.25. The number of furan rings is 1. The van der Waals surface area contributed by atoms with Crippen LogP contribution in [-0.4, -0.2) is 21.1 Å². The van der Waals surface area contributed by atoms with E-state index in [0.29, 0.717) is 11.3 Å². The van der Waals surface area contributed by atoms with Gasteiger partial charge in [-0.25, -0.2) is 0 Å². The lowest BCUT2D eigenvalue weighted by Gasteiger charge is -2.03. The lowest BCUT2D eigenvalue weighted by molar-refractivity contribution is 0.102. The predicted molar refractivity (Wildman–Crippen MR) is 89.6 cm³/mol. The Kier molecular flexibility index (Phi) is 3.80. The van der Waals surface area contributed by atoms with Crippen LogP contribution in [0.5, 0.6) is 0 Å². The molecule has 122 valence electrons. The Morgan fingerprint density at radius 3 is 2.56 bits per heavy atom. The fourth-order valence-corrected chi connectivity index (χ4v) is 2.25. The molecule has 7 nitrogen and oxygen atoms in total. The molecule has 7 heteroatoms. The first-order valence-electron chi connectivity index (χ1n) is 7.50. The van der Waals surface area contributed by atoms with E-state index in [2.05, 4.69) is 20.5 Å². The summed E-state index contributed by atoms with van der Waals surface area (Å²) in [4.78, 5) is 16.6. The van der Waals surface area contributed by atoms with Crippen molar-refractivity contribution in [3.05, 3.63) is 72.6 Å². The Bertz CT molecular complexity index is 977. The Morgan fingerprint density at radius 2 is 1.84 bits per heavy atom. The Morgan fingerprint density at radius 1 is 0.960 bits per heavy atom. The van der Waals surface area contributed by atoms with Gasteiger partial charge in [0.15, 0.2) is 5.76 Å². The maximum Gasteiger partial charge on any atom is 0.322 e. The average molecular weight is 332 g/mol. The molecule has 1 amide bonds. The number of hydrogen-bond donors (Lipinski definition) is 1. The van der Waals surface area contributed by atoms with Crippen LogP contribution in [0.1, 0.15) is 10.4 Å². The fraction of sp³-hybridized carbons (Fsp3) is 0. The molecule has 25 heavy (non-hydrogen) atoms. The highest BCUT2D eigenvalue weighted by Gasteiger charge is 2.14. The number of pyridine rings is 1. The van der Waals surface area contributed by atoms with Gasteiger partial charge in [-0.1, -0.05) is 35.4 Å². The van der Waals surface area contributed by atoms with Gasteiger partial charge >= 0.3 is 6.01 Å². The average Bonchev–Trinajstić information content (AvgIpc) is 3.34. The van der Waals surface area contributed by atoms with Gasteiger partial charge in [0.1, 0.15) is 0 Å². The summed E-state index contributed by atoms with van der Waals surface area (Å²) in [7, 11) is 0. The Balaban J connectivity index is 1.48. The van der Waals surface area contributed by atoms with Crippen LogP contribution in [0.2, 0.25) is 0 Å². The van der Waals surface area contributed by atoms with Crippen molar-refractivity contribution in [2.24, 2.45) is 0 Å². The number of nitrogens with zero attached hydrogens (tertiary/aromatic N) is 3. The number of benzene rings is 1. The largest absolute Gasteiger partial charge is 0.459 e. The lowest BCUT2D eigenvalue weighted by Crippen LogP contribution is -2.12. The van der Waals surface area contributed by atoms with Gasteiger partial charge in [0.05, 0.1) is 17.5 Å². The van der Waals surface area contributed by atoms with E-state index < -0.39 is 0 Å². The van der Waals surface area contributed by atoms with Crippen molar-refractivity contribution in [2.45, 2.75) is 0 Å². The van der Waals surface area contributed by atoms with E-state index in [0.717, 1.165) is 11.3 Å². The number of carbonyl (C=O) groups excluding carboxylic acids is 1. The smallest absolute Gasteiger partial charge is 0.322 e. The normalized spacial score (nSPS) is 10.6. The summed E-state index contributed by atoms with van der Waals surface area (Å²) in [6, 6.07) is 16.6. The van der Waals surface area contributed by atoms with E-state index in [1.54, 1.807) is 24.3 Å². The van der Waals surface area contributed by atoms with Crippen LogP contribution in [0.3, 0.4) is 0 Å². The SMILES string of the molecule is O=C(Nc1nnc(-c2ccco2)o1)c1ccc(-c2ccccc2)nc1. The van der Waals surface area contributed by atoms with E-state index in [4.69, 9.17) is 8.83 Å². The second-order valence-corrected chi connectivity index (χ2v) is 5.14. The van der Waals surface area contributed by atoms with Gasteiger partial charge in [0.2, 0.25) is 0 Å². The van der Waals surface area contributed by atoms with Crippen molar-refractivity contribution < 1.29 is 13.6 Å². The summed E-state index contributed by atoms with van der Waals surface area (Å²) in [6.07, 6.45) is 3.00. The van der Waals surface area contributed by atoms with Crippen LogP contribution in [-0.2, 0) is 0 Å². The number of amides is 1. The minimum absolute atomic E-state index is 0.0106. The Labute approximate surface area is 142 Å². The molecule has 0 spiro atoms. The minimum Gasteiger partial charge on any atom is -0.459 e. The van der Waals surface area contributed by atoms with Gasteiger partial charge in [-0.2, -0.15) is 0 Å². The molecule has 0 bridgehead atoms. The van der Waals surface area contributed by atoms with E-state index in [9.17, 15) is 4.79 Å². The zero-order valence-corrected chi connectivity index (χ0v) is 12.9. The van der Waals surface area contributed by atoms with Gasteiger partial charge in [-0.3, -0.25) is 15.1 Å². The van der Waals surface area contributed by atoms with Crippen LogP contribution in [0.15, 0.2) is 75.9 Å². The second-order valence-electron chi connectivity index (χ2n) is 5.14. The molecule has 3 aromatic heterocycles. The highest BCUT2D eigenvalue weighted by atomic mass is 16.4. The van der Waals surface area contributed by atoms with Crippen molar-refractivity contribution in [1.82, 2.24) is 15.2 Å². The molecule has 0 saturated heterocycles. The van der Waals surface area contributed by atoms with Crippen LogP contribution >= 0.6 is 0 Å². The van der Waals surface area contributed by atoms with Crippen LogP contribution < -0.4 is 5.32 Å². The van der Waals surface area contributed by atoms with E-state index in [1.807, 2.05) is 30.3 Å². The van der Waals surface area contributed by atoms with Crippen LogP contribution in [0.25, 0.3) is 22.9 Å². The topological polar surface area (TPSA) is 94.1 Å². The highest BCUT2D eigenvalue weighted by Crippen LogP contribution is 2.20. The number of anilines is 1. The summed E-state index contributed by atoms with van der Waals surface area (Å²) in [5, 5.41) is 10.1. The first-order chi connectivity index (χ1) is 12.3. The molecule has 4 aromatic rings. The molecule has 0 aliphatic heterocycles. The van der Waals surface area contributed by atoms with Gasteiger partial charge in [-0.05, 0) is 24.3 Å². The molecule has 0 aliphatic carbocycles. The van der Waals surface area contributed by atoms with Crippen molar-refractivity contribution in [2.75, 3.05) is 5.32 Å². The third kappa shape index (κ3) is 3.16. The van der Waals surface area contributed by atoms with Gasteiger partial charge in [0.25, 0.3) is 11.8 Å². The number of carbonyl (C=O) groups is 1. The first-order valence-corrected chi connectivity index (χ1v) is 7.50. The summed E-state index contributed by atoms with van der Waals surface area (Å²) < 4.78 is 10.5. The number of nitrogens with one attached hydrogen (secondary N) is 1. The predicted octanol–water partition coefficient (Wildman–Crippen LogP) is 3.64. The minimum atomic E-state index is -0.387.